The molecule has 0 aliphatic carbocycles. The van der Waals surface area contributed by atoms with Gasteiger partial charge in [0.1, 0.15) is 0 Å². The van der Waals surface area contributed by atoms with E-state index in [0.717, 1.165) is 11.8 Å². The number of nitro benzene ring substituents is 1. The zero-order valence-corrected chi connectivity index (χ0v) is 11.7. The van der Waals surface area contributed by atoms with Gasteiger partial charge in [0, 0.05) is 22.6 Å². The molecule has 0 radical (unpaired) electrons. The Hall–Kier alpha value is -2.94. The summed E-state index contributed by atoms with van der Waals surface area (Å²) in [6, 6.07) is 7.50. The Morgan fingerprint density at radius 2 is 2.23 bits per heavy atom. The third-order valence-electron chi connectivity index (χ3n) is 2.75. The summed E-state index contributed by atoms with van der Waals surface area (Å²) in [5.74, 6) is 1.00. The SMILES string of the molecule is O=Cc1cc([N+](=O)[O-])ccc1Sc1n[nH]c(-c2ccco2)n1. The van der Waals surface area contributed by atoms with Gasteiger partial charge in [-0.2, -0.15) is 4.98 Å². The second-order valence-corrected chi connectivity index (χ2v) is 5.15. The molecule has 1 aromatic carbocycles. The number of nitrogens with one attached hydrogen (secondary N) is 1. The van der Waals surface area contributed by atoms with Crippen molar-refractivity contribution in [2.75, 3.05) is 0 Å². The van der Waals surface area contributed by atoms with Crippen molar-refractivity contribution in [2.45, 2.75) is 10.1 Å². The fourth-order valence-corrected chi connectivity index (χ4v) is 2.53. The number of aldehydes is 1. The largest absolute Gasteiger partial charge is 0.461 e. The number of H-pyrrole nitrogens is 1. The van der Waals surface area contributed by atoms with Crippen LogP contribution in [0.15, 0.2) is 51.1 Å². The van der Waals surface area contributed by atoms with Crippen molar-refractivity contribution in [3.8, 4) is 11.6 Å². The van der Waals surface area contributed by atoms with Gasteiger partial charge in [-0.25, -0.2) is 0 Å². The van der Waals surface area contributed by atoms with Gasteiger partial charge in [0.05, 0.1) is 11.2 Å². The number of nitro groups is 1. The zero-order chi connectivity index (χ0) is 15.5. The van der Waals surface area contributed by atoms with Gasteiger partial charge in [0.2, 0.25) is 5.16 Å². The predicted octanol–water partition coefficient (Wildman–Crippen LogP) is 2.94. The van der Waals surface area contributed by atoms with Crippen molar-refractivity contribution in [3.63, 3.8) is 0 Å². The Kier molecular flexibility index (Phi) is 3.71. The average molecular weight is 316 g/mol. The van der Waals surface area contributed by atoms with Crippen LogP contribution in [-0.4, -0.2) is 26.4 Å². The average Bonchev–Trinajstić information content (AvgIpc) is 3.18. The molecule has 2 heterocycles. The molecule has 0 atom stereocenters. The maximum Gasteiger partial charge on any atom is 0.270 e. The quantitative estimate of drug-likeness (QED) is 0.437. The first-order valence-corrected chi connectivity index (χ1v) is 6.87. The summed E-state index contributed by atoms with van der Waals surface area (Å²) in [6.45, 7) is 0. The molecule has 110 valence electrons. The molecule has 0 amide bonds. The van der Waals surface area contributed by atoms with E-state index in [0.29, 0.717) is 27.9 Å². The molecule has 0 saturated carbocycles. The Morgan fingerprint density at radius 3 is 2.91 bits per heavy atom. The molecule has 3 rings (SSSR count). The highest BCUT2D eigenvalue weighted by atomic mass is 32.2. The van der Waals surface area contributed by atoms with Crippen LogP contribution < -0.4 is 0 Å². The normalized spacial score (nSPS) is 10.5. The lowest BCUT2D eigenvalue weighted by atomic mass is 10.2. The molecule has 1 N–H and O–H groups in total. The first-order chi connectivity index (χ1) is 10.7. The molecule has 3 aromatic rings. The highest BCUT2D eigenvalue weighted by Crippen LogP contribution is 2.30. The van der Waals surface area contributed by atoms with Gasteiger partial charge in [0.15, 0.2) is 17.9 Å². The Morgan fingerprint density at radius 1 is 1.36 bits per heavy atom. The van der Waals surface area contributed by atoms with Gasteiger partial charge in [0.25, 0.3) is 5.69 Å². The maximum absolute atomic E-state index is 11.1. The van der Waals surface area contributed by atoms with Gasteiger partial charge in [-0.15, -0.1) is 5.10 Å². The third-order valence-corrected chi connectivity index (χ3v) is 3.71. The van der Waals surface area contributed by atoms with E-state index in [2.05, 4.69) is 15.2 Å². The smallest absolute Gasteiger partial charge is 0.270 e. The van der Waals surface area contributed by atoms with E-state index < -0.39 is 4.92 Å². The molecule has 0 unspecified atom stereocenters. The number of aromatic nitrogens is 3. The maximum atomic E-state index is 11.1. The second-order valence-electron chi connectivity index (χ2n) is 4.14. The summed E-state index contributed by atoms with van der Waals surface area (Å²) in [6.07, 6.45) is 2.08. The van der Waals surface area contributed by atoms with Crippen molar-refractivity contribution < 1.29 is 14.1 Å². The Bertz CT molecular complexity index is 828. The first-order valence-electron chi connectivity index (χ1n) is 6.05. The third kappa shape index (κ3) is 2.74. The van der Waals surface area contributed by atoms with E-state index in [1.54, 1.807) is 12.1 Å². The van der Waals surface area contributed by atoms with Crippen LogP contribution in [0.5, 0.6) is 0 Å². The minimum absolute atomic E-state index is 0.141. The van der Waals surface area contributed by atoms with Crippen LogP contribution in [0.2, 0.25) is 0 Å². The fourth-order valence-electron chi connectivity index (χ4n) is 1.75. The monoisotopic (exact) mass is 316 g/mol. The second kappa shape index (κ2) is 5.82. The van der Waals surface area contributed by atoms with E-state index in [-0.39, 0.29) is 11.3 Å². The number of hydrogen-bond acceptors (Lipinski definition) is 7. The molecule has 0 saturated heterocycles. The van der Waals surface area contributed by atoms with Crippen LogP contribution in [0.4, 0.5) is 5.69 Å². The van der Waals surface area contributed by atoms with Gasteiger partial charge >= 0.3 is 0 Å². The van der Waals surface area contributed by atoms with Crippen LogP contribution in [0, 0.1) is 10.1 Å². The fraction of sp³-hybridized carbons (Fsp3) is 0. The predicted molar refractivity (Wildman–Crippen MR) is 76.7 cm³/mol. The van der Waals surface area contributed by atoms with Crippen molar-refractivity contribution in [1.29, 1.82) is 0 Å². The number of furan rings is 1. The topological polar surface area (TPSA) is 115 Å². The first kappa shape index (κ1) is 14.0. The highest BCUT2D eigenvalue weighted by molar-refractivity contribution is 7.99. The summed E-state index contributed by atoms with van der Waals surface area (Å²) in [4.78, 5) is 26.0. The molecule has 22 heavy (non-hydrogen) atoms. The molecule has 0 aliphatic heterocycles. The van der Waals surface area contributed by atoms with Gasteiger partial charge in [-0.1, -0.05) is 0 Å². The van der Waals surface area contributed by atoms with Crippen LogP contribution >= 0.6 is 11.8 Å². The van der Waals surface area contributed by atoms with Crippen molar-refractivity contribution >= 4 is 23.7 Å². The molecule has 0 spiro atoms. The molecule has 2 aromatic heterocycles. The lowest BCUT2D eigenvalue weighted by molar-refractivity contribution is -0.384. The van der Waals surface area contributed by atoms with Gasteiger partial charge < -0.3 is 4.42 Å². The summed E-state index contributed by atoms with van der Waals surface area (Å²) >= 11 is 1.13. The van der Waals surface area contributed by atoms with Crippen LogP contribution in [-0.2, 0) is 0 Å². The zero-order valence-electron chi connectivity index (χ0n) is 10.9. The Balaban J connectivity index is 1.87. The summed E-state index contributed by atoms with van der Waals surface area (Å²) in [5, 5.41) is 17.8. The molecule has 8 nitrogen and oxygen atoms in total. The summed E-state index contributed by atoms with van der Waals surface area (Å²) in [5.41, 5.74) is 0.0706. The van der Waals surface area contributed by atoms with Crippen molar-refractivity contribution in [1.82, 2.24) is 15.2 Å². The Labute approximate surface area is 127 Å². The van der Waals surface area contributed by atoms with E-state index in [9.17, 15) is 14.9 Å². The molecule has 0 bridgehead atoms. The molecule has 0 aliphatic rings. The van der Waals surface area contributed by atoms with E-state index in [1.807, 2.05) is 0 Å². The molecular formula is C13H8N4O4S. The number of rotatable bonds is 5. The van der Waals surface area contributed by atoms with Crippen LogP contribution in [0.3, 0.4) is 0 Å². The number of non-ortho nitro benzene ring substituents is 1. The number of carbonyl (C=O) groups is 1. The number of benzene rings is 1. The lowest BCUT2D eigenvalue weighted by Gasteiger charge is -2.01. The lowest BCUT2D eigenvalue weighted by Crippen LogP contribution is -1.92. The van der Waals surface area contributed by atoms with Crippen molar-refractivity contribution in [3.05, 3.63) is 52.3 Å². The minimum atomic E-state index is -0.552. The number of hydrogen-bond donors (Lipinski definition) is 1. The van der Waals surface area contributed by atoms with Gasteiger partial charge in [-0.3, -0.25) is 20.0 Å². The number of carbonyl (C=O) groups excluding carboxylic acids is 1. The van der Waals surface area contributed by atoms with Crippen LogP contribution in [0.1, 0.15) is 10.4 Å². The number of nitrogens with zero attached hydrogens (tertiary/aromatic N) is 3. The number of aromatic amines is 1. The molecule has 9 heteroatoms. The molecular weight excluding hydrogens is 308 g/mol. The van der Waals surface area contributed by atoms with Gasteiger partial charge in [-0.05, 0) is 30.0 Å². The van der Waals surface area contributed by atoms with E-state index in [4.69, 9.17) is 4.42 Å². The van der Waals surface area contributed by atoms with Crippen molar-refractivity contribution in [2.24, 2.45) is 0 Å². The summed E-state index contributed by atoms with van der Waals surface area (Å²) < 4.78 is 5.20. The summed E-state index contributed by atoms with van der Waals surface area (Å²) in [7, 11) is 0. The molecule has 0 fully saturated rings. The van der Waals surface area contributed by atoms with E-state index in [1.165, 1.54) is 24.5 Å². The standard InChI is InChI=1S/C13H8N4O4S/c18-7-8-6-9(17(19)20)3-4-11(8)22-13-14-12(15-16-13)10-2-1-5-21-10/h1-7H,(H,14,15,16). The van der Waals surface area contributed by atoms with E-state index >= 15 is 0 Å². The van der Waals surface area contributed by atoms with Crippen LogP contribution in [0.25, 0.3) is 11.6 Å². The minimum Gasteiger partial charge on any atom is -0.461 e. The highest BCUT2D eigenvalue weighted by Gasteiger charge is 2.14.